The summed E-state index contributed by atoms with van der Waals surface area (Å²) in [7, 11) is 0. The first-order chi connectivity index (χ1) is 30.7. The lowest BCUT2D eigenvalue weighted by atomic mass is 9.90. The molecule has 5 nitrogen and oxygen atoms in total. The van der Waals surface area contributed by atoms with Gasteiger partial charge in [-0.25, -0.2) is 15.0 Å². The molecule has 0 saturated heterocycles. The molecule has 62 heavy (non-hydrogen) atoms. The quantitative estimate of drug-likeness (QED) is 0.174. The molecular formula is C57H33N3O2. The number of para-hydroxylation sites is 2. The van der Waals surface area contributed by atoms with E-state index in [4.69, 9.17) is 23.8 Å². The van der Waals surface area contributed by atoms with Gasteiger partial charge < -0.3 is 8.83 Å². The van der Waals surface area contributed by atoms with Gasteiger partial charge in [-0.15, -0.1) is 0 Å². The standard InChI is InChI=1S/C57H33N3O2/c1-2-13-34(14-3-1)40-31-48(53-49-30-37-17-6-7-18-38(37)32-51(49)61-52(53)33-40)43-27-28-46(42-20-9-8-19-41(42)43)56-58-55(39-26-25-35-15-4-5-16-36(35)29-39)59-57(60-56)47-23-12-22-45-44-21-10-11-24-50(44)62-54(45)47/h1-33H. The van der Waals surface area contributed by atoms with Crippen molar-refractivity contribution in [2.24, 2.45) is 0 Å². The van der Waals surface area contributed by atoms with Crippen molar-refractivity contribution in [1.29, 1.82) is 0 Å². The maximum atomic E-state index is 6.74. The highest BCUT2D eigenvalue weighted by Gasteiger charge is 2.22. The molecule has 0 fully saturated rings. The number of nitrogens with zero attached hydrogens (tertiary/aromatic N) is 3. The van der Waals surface area contributed by atoms with Crippen LogP contribution in [0.1, 0.15) is 0 Å². The Kier molecular flexibility index (Phi) is 7.54. The van der Waals surface area contributed by atoms with Crippen LogP contribution >= 0.6 is 0 Å². The summed E-state index contributed by atoms with van der Waals surface area (Å²) in [4.78, 5) is 15.8. The molecule has 10 aromatic carbocycles. The molecule has 0 atom stereocenters. The number of benzene rings is 10. The zero-order valence-electron chi connectivity index (χ0n) is 33.2. The monoisotopic (exact) mass is 791 g/mol. The Balaban J connectivity index is 1.06. The van der Waals surface area contributed by atoms with Crippen LogP contribution in [0.4, 0.5) is 0 Å². The molecular weight excluding hydrogens is 759 g/mol. The number of aromatic nitrogens is 3. The van der Waals surface area contributed by atoms with Gasteiger partial charge in [0, 0.05) is 32.7 Å². The number of rotatable bonds is 5. The van der Waals surface area contributed by atoms with Gasteiger partial charge in [0.25, 0.3) is 0 Å². The van der Waals surface area contributed by atoms with Crippen LogP contribution in [0.2, 0.25) is 0 Å². The third-order valence-electron chi connectivity index (χ3n) is 12.3. The van der Waals surface area contributed by atoms with E-state index in [9.17, 15) is 0 Å². The Morgan fingerprint density at radius 1 is 0.274 bits per heavy atom. The Labute approximate surface area is 355 Å². The van der Waals surface area contributed by atoms with E-state index in [0.717, 1.165) is 110 Å². The topological polar surface area (TPSA) is 65.0 Å². The Morgan fingerprint density at radius 3 is 1.73 bits per heavy atom. The molecule has 0 radical (unpaired) electrons. The van der Waals surface area contributed by atoms with Crippen LogP contribution in [0.15, 0.2) is 209 Å². The van der Waals surface area contributed by atoms with Crippen molar-refractivity contribution >= 4 is 76.2 Å². The lowest BCUT2D eigenvalue weighted by molar-refractivity contribution is 0.669. The van der Waals surface area contributed by atoms with Crippen LogP contribution in [-0.4, -0.2) is 15.0 Å². The molecule has 0 N–H and O–H groups in total. The van der Waals surface area contributed by atoms with Gasteiger partial charge in [-0.2, -0.15) is 0 Å². The Morgan fingerprint density at radius 2 is 0.903 bits per heavy atom. The van der Waals surface area contributed by atoms with Gasteiger partial charge in [0.1, 0.15) is 22.3 Å². The third-order valence-corrected chi connectivity index (χ3v) is 12.3. The fraction of sp³-hybridized carbons (Fsp3) is 0. The van der Waals surface area contributed by atoms with Crippen LogP contribution in [-0.2, 0) is 0 Å². The predicted octanol–water partition coefficient (Wildman–Crippen LogP) is 15.5. The van der Waals surface area contributed by atoms with Gasteiger partial charge in [-0.05, 0) is 103 Å². The van der Waals surface area contributed by atoms with Crippen LogP contribution in [0.3, 0.4) is 0 Å². The summed E-state index contributed by atoms with van der Waals surface area (Å²) in [5.41, 5.74) is 10.3. The van der Waals surface area contributed by atoms with E-state index >= 15 is 0 Å². The summed E-state index contributed by atoms with van der Waals surface area (Å²) < 4.78 is 13.3. The zero-order valence-corrected chi connectivity index (χ0v) is 33.2. The van der Waals surface area contributed by atoms with E-state index < -0.39 is 0 Å². The van der Waals surface area contributed by atoms with Crippen molar-refractivity contribution in [1.82, 2.24) is 15.0 Å². The Hall–Kier alpha value is -8.41. The third kappa shape index (κ3) is 5.45. The average molecular weight is 792 g/mol. The van der Waals surface area contributed by atoms with Gasteiger partial charge in [0.15, 0.2) is 17.5 Å². The number of furan rings is 2. The lowest BCUT2D eigenvalue weighted by Gasteiger charge is -2.15. The van der Waals surface area contributed by atoms with Crippen LogP contribution in [0.25, 0.3) is 133 Å². The first-order valence-corrected chi connectivity index (χ1v) is 20.8. The van der Waals surface area contributed by atoms with Gasteiger partial charge >= 0.3 is 0 Å². The Bertz CT molecular complexity index is 3940. The first kappa shape index (κ1) is 34.5. The van der Waals surface area contributed by atoms with Crippen molar-refractivity contribution in [2.45, 2.75) is 0 Å². The van der Waals surface area contributed by atoms with Crippen molar-refractivity contribution in [3.63, 3.8) is 0 Å². The second kappa shape index (κ2) is 13.6. The zero-order chi connectivity index (χ0) is 40.7. The highest BCUT2D eigenvalue weighted by molar-refractivity contribution is 6.19. The van der Waals surface area contributed by atoms with Gasteiger partial charge in [-0.1, -0.05) is 152 Å². The molecule has 0 bridgehead atoms. The summed E-state index contributed by atoms with van der Waals surface area (Å²) in [5.74, 6) is 1.72. The SMILES string of the molecule is c1ccc(-c2cc(-c3ccc(-c4nc(-c5ccc6ccccc6c5)nc(-c5cccc6c5oc5ccccc56)n4)c4ccccc34)c3c(c2)oc2cc4ccccc4cc23)cc1. The summed E-state index contributed by atoms with van der Waals surface area (Å²) in [6.07, 6.45) is 0. The molecule has 0 amide bonds. The van der Waals surface area contributed by atoms with E-state index in [1.807, 2.05) is 24.3 Å². The maximum absolute atomic E-state index is 6.74. The summed E-state index contributed by atoms with van der Waals surface area (Å²) in [6, 6.07) is 69.9. The molecule has 0 saturated carbocycles. The van der Waals surface area contributed by atoms with Gasteiger partial charge in [0.2, 0.25) is 0 Å². The average Bonchev–Trinajstić information content (AvgIpc) is 3.90. The van der Waals surface area contributed by atoms with E-state index in [2.05, 4.69) is 176 Å². The van der Waals surface area contributed by atoms with Crippen molar-refractivity contribution < 1.29 is 8.83 Å². The van der Waals surface area contributed by atoms with E-state index in [1.165, 1.54) is 5.39 Å². The van der Waals surface area contributed by atoms with E-state index in [1.54, 1.807) is 0 Å². The second-order valence-corrected chi connectivity index (χ2v) is 15.9. The highest BCUT2D eigenvalue weighted by atomic mass is 16.3. The number of fused-ring (bicyclic) bond motifs is 9. The summed E-state index contributed by atoms with van der Waals surface area (Å²) in [6.45, 7) is 0. The molecule has 13 aromatic rings. The fourth-order valence-electron chi connectivity index (χ4n) is 9.33. The number of hydrogen-bond donors (Lipinski definition) is 0. The van der Waals surface area contributed by atoms with Crippen molar-refractivity contribution in [3.05, 3.63) is 200 Å². The van der Waals surface area contributed by atoms with Crippen LogP contribution in [0, 0.1) is 0 Å². The summed E-state index contributed by atoms with van der Waals surface area (Å²) in [5, 5.41) is 11.0. The number of hydrogen-bond acceptors (Lipinski definition) is 5. The molecule has 0 aliphatic heterocycles. The molecule has 13 rings (SSSR count). The normalized spacial score (nSPS) is 11.9. The van der Waals surface area contributed by atoms with E-state index in [0.29, 0.717) is 17.5 Å². The highest BCUT2D eigenvalue weighted by Crippen LogP contribution is 2.45. The molecule has 0 aliphatic carbocycles. The largest absolute Gasteiger partial charge is 0.456 e. The van der Waals surface area contributed by atoms with Crippen molar-refractivity contribution in [2.75, 3.05) is 0 Å². The molecule has 0 unspecified atom stereocenters. The lowest BCUT2D eigenvalue weighted by Crippen LogP contribution is -2.01. The molecule has 288 valence electrons. The van der Waals surface area contributed by atoms with Gasteiger partial charge in [-0.3, -0.25) is 0 Å². The summed E-state index contributed by atoms with van der Waals surface area (Å²) >= 11 is 0. The first-order valence-electron chi connectivity index (χ1n) is 20.8. The smallest absolute Gasteiger partial charge is 0.167 e. The maximum Gasteiger partial charge on any atom is 0.167 e. The molecule has 0 spiro atoms. The fourth-order valence-corrected chi connectivity index (χ4v) is 9.33. The molecule has 3 aromatic heterocycles. The minimum atomic E-state index is 0.547. The minimum Gasteiger partial charge on any atom is -0.456 e. The minimum absolute atomic E-state index is 0.547. The van der Waals surface area contributed by atoms with Crippen LogP contribution < -0.4 is 0 Å². The second-order valence-electron chi connectivity index (χ2n) is 15.9. The van der Waals surface area contributed by atoms with Crippen molar-refractivity contribution in [3.8, 4) is 56.4 Å². The van der Waals surface area contributed by atoms with Gasteiger partial charge in [0.05, 0.1) is 5.56 Å². The molecule has 3 heterocycles. The molecule has 0 aliphatic rings. The van der Waals surface area contributed by atoms with E-state index in [-0.39, 0.29) is 0 Å². The predicted molar refractivity (Wildman–Crippen MR) is 254 cm³/mol. The van der Waals surface area contributed by atoms with Crippen LogP contribution in [0.5, 0.6) is 0 Å². The molecule has 5 heteroatoms.